The van der Waals surface area contributed by atoms with Crippen LogP contribution in [0.2, 0.25) is 0 Å². The number of aliphatic hydroxyl groups excluding tert-OH is 1. The van der Waals surface area contributed by atoms with E-state index in [-0.39, 0.29) is 18.6 Å². The fraction of sp³-hybridized carbons (Fsp3) is 0.923. The second kappa shape index (κ2) is 6.36. The first-order valence-corrected chi connectivity index (χ1v) is 6.47. The Balaban J connectivity index is 2.13. The highest BCUT2D eigenvalue weighted by atomic mass is 16.6. The number of ether oxygens (including phenoxy) is 1. The average molecular weight is 243 g/mol. The standard InChI is InChI=1S/C13H25NO3/c1-13(2,3)17-12(16)9-14-8-10-5-4-6-11(15)7-10/h10-11,14-15H,4-9H2,1-3H3. The summed E-state index contributed by atoms with van der Waals surface area (Å²) in [5, 5.41) is 12.6. The lowest BCUT2D eigenvalue weighted by atomic mass is 9.87. The maximum atomic E-state index is 11.4. The predicted molar refractivity (Wildman–Crippen MR) is 66.7 cm³/mol. The summed E-state index contributed by atoms with van der Waals surface area (Å²) < 4.78 is 5.20. The minimum absolute atomic E-state index is 0.155. The first-order valence-electron chi connectivity index (χ1n) is 6.47. The van der Waals surface area contributed by atoms with Gasteiger partial charge in [-0.15, -0.1) is 0 Å². The first-order chi connectivity index (χ1) is 7.87. The molecule has 2 N–H and O–H groups in total. The van der Waals surface area contributed by atoms with Crippen LogP contribution in [0.4, 0.5) is 0 Å². The Hall–Kier alpha value is -0.610. The highest BCUT2D eigenvalue weighted by Gasteiger charge is 2.20. The highest BCUT2D eigenvalue weighted by Crippen LogP contribution is 2.23. The summed E-state index contributed by atoms with van der Waals surface area (Å²) in [6.07, 6.45) is 3.83. The fourth-order valence-corrected chi connectivity index (χ4v) is 2.20. The van der Waals surface area contributed by atoms with Crippen molar-refractivity contribution >= 4 is 5.97 Å². The summed E-state index contributed by atoms with van der Waals surface area (Å²) in [4.78, 5) is 11.4. The zero-order valence-electron chi connectivity index (χ0n) is 11.2. The van der Waals surface area contributed by atoms with Crippen molar-refractivity contribution < 1.29 is 14.6 Å². The van der Waals surface area contributed by atoms with E-state index in [1.165, 1.54) is 0 Å². The minimum Gasteiger partial charge on any atom is -0.459 e. The molecule has 17 heavy (non-hydrogen) atoms. The lowest BCUT2D eigenvalue weighted by Crippen LogP contribution is -2.35. The molecule has 0 aromatic heterocycles. The van der Waals surface area contributed by atoms with Gasteiger partial charge >= 0.3 is 5.97 Å². The van der Waals surface area contributed by atoms with Gasteiger partial charge in [0.05, 0.1) is 12.6 Å². The van der Waals surface area contributed by atoms with E-state index in [1.54, 1.807) is 0 Å². The molecule has 2 atom stereocenters. The Bertz CT molecular complexity index is 248. The van der Waals surface area contributed by atoms with E-state index < -0.39 is 5.60 Å². The zero-order chi connectivity index (χ0) is 12.9. The van der Waals surface area contributed by atoms with Gasteiger partial charge in [-0.25, -0.2) is 0 Å². The molecule has 0 heterocycles. The van der Waals surface area contributed by atoms with Gasteiger partial charge in [-0.3, -0.25) is 4.79 Å². The van der Waals surface area contributed by atoms with E-state index in [4.69, 9.17) is 4.74 Å². The largest absolute Gasteiger partial charge is 0.459 e. The molecule has 1 fully saturated rings. The van der Waals surface area contributed by atoms with Gasteiger partial charge in [0, 0.05) is 0 Å². The van der Waals surface area contributed by atoms with Crippen LogP contribution in [0.25, 0.3) is 0 Å². The van der Waals surface area contributed by atoms with E-state index >= 15 is 0 Å². The van der Waals surface area contributed by atoms with Crippen molar-refractivity contribution in [3.63, 3.8) is 0 Å². The molecule has 0 saturated heterocycles. The molecule has 1 rings (SSSR count). The molecule has 0 radical (unpaired) electrons. The second-order valence-corrected chi connectivity index (χ2v) is 5.90. The van der Waals surface area contributed by atoms with Crippen LogP contribution in [0, 0.1) is 5.92 Å². The van der Waals surface area contributed by atoms with Crippen LogP contribution < -0.4 is 5.32 Å². The van der Waals surface area contributed by atoms with Crippen molar-refractivity contribution in [2.45, 2.75) is 58.2 Å². The minimum atomic E-state index is -0.417. The van der Waals surface area contributed by atoms with Crippen LogP contribution in [-0.2, 0) is 9.53 Å². The van der Waals surface area contributed by atoms with E-state index in [2.05, 4.69) is 5.32 Å². The fourth-order valence-electron chi connectivity index (χ4n) is 2.20. The SMILES string of the molecule is CC(C)(C)OC(=O)CNCC1CCCC(O)C1. The maximum absolute atomic E-state index is 11.4. The van der Waals surface area contributed by atoms with E-state index in [1.807, 2.05) is 20.8 Å². The monoisotopic (exact) mass is 243 g/mol. The summed E-state index contributed by atoms with van der Waals surface area (Å²) >= 11 is 0. The molecule has 0 bridgehead atoms. The van der Waals surface area contributed by atoms with Gasteiger partial charge in [-0.1, -0.05) is 6.42 Å². The molecule has 1 aliphatic carbocycles. The molecule has 0 aliphatic heterocycles. The summed E-state index contributed by atoms with van der Waals surface area (Å²) in [5.74, 6) is 0.273. The molecule has 2 unspecified atom stereocenters. The van der Waals surface area contributed by atoms with Crippen LogP contribution in [0.5, 0.6) is 0 Å². The summed E-state index contributed by atoms with van der Waals surface area (Å²) in [6.45, 7) is 6.63. The third kappa shape index (κ3) is 6.64. The average Bonchev–Trinajstić information content (AvgIpc) is 2.14. The van der Waals surface area contributed by atoms with Gasteiger partial charge in [-0.2, -0.15) is 0 Å². The van der Waals surface area contributed by atoms with Crippen LogP contribution in [0.1, 0.15) is 46.5 Å². The Kier molecular flexibility index (Phi) is 5.40. The molecule has 1 aliphatic rings. The van der Waals surface area contributed by atoms with Crippen molar-refractivity contribution in [3.05, 3.63) is 0 Å². The van der Waals surface area contributed by atoms with Crippen molar-refractivity contribution in [2.24, 2.45) is 5.92 Å². The van der Waals surface area contributed by atoms with Gasteiger partial charge in [0.25, 0.3) is 0 Å². The van der Waals surface area contributed by atoms with Crippen molar-refractivity contribution in [3.8, 4) is 0 Å². The molecule has 0 aromatic carbocycles. The quantitative estimate of drug-likeness (QED) is 0.734. The first kappa shape index (κ1) is 14.5. The van der Waals surface area contributed by atoms with Crippen molar-refractivity contribution in [2.75, 3.05) is 13.1 Å². The molecular formula is C13H25NO3. The molecule has 0 spiro atoms. The Morgan fingerprint density at radius 2 is 2.12 bits per heavy atom. The summed E-state index contributed by atoms with van der Waals surface area (Å²) in [7, 11) is 0. The lowest BCUT2D eigenvalue weighted by molar-refractivity contribution is -0.153. The number of rotatable bonds is 4. The van der Waals surface area contributed by atoms with Crippen molar-refractivity contribution in [1.82, 2.24) is 5.32 Å². The van der Waals surface area contributed by atoms with Gasteiger partial charge in [0.15, 0.2) is 0 Å². The lowest BCUT2D eigenvalue weighted by Gasteiger charge is -2.26. The van der Waals surface area contributed by atoms with Crippen LogP contribution in [-0.4, -0.2) is 35.9 Å². The van der Waals surface area contributed by atoms with Crippen LogP contribution in [0.3, 0.4) is 0 Å². The van der Waals surface area contributed by atoms with Gasteiger partial charge in [0.1, 0.15) is 5.60 Å². The smallest absolute Gasteiger partial charge is 0.320 e. The number of nitrogens with one attached hydrogen (secondary N) is 1. The maximum Gasteiger partial charge on any atom is 0.320 e. The van der Waals surface area contributed by atoms with Crippen LogP contribution >= 0.6 is 0 Å². The zero-order valence-corrected chi connectivity index (χ0v) is 11.2. The molecule has 1 saturated carbocycles. The third-order valence-electron chi connectivity index (χ3n) is 2.88. The Morgan fingerprint density at radius 1 is 1.41 bits per heavy atom. The molecule has 0 amide bonds. The van der Waals surface area contributed by atoms with Crippen molar-refractivity contribution in [1.29, 1.82) is 0 Å². The van der Waals surface area contributed by atoms with Crippen LogP contribution in [0.15, 0.2) is 0 Å². The molecule has 0 aromatic rings. The van der Waals surface area contributed by atoms with E-state index in [0.717, 1.165) is 32.2 Å². The Morgan fingerprint density at radius 3 is 2.71 bits per heavy atom. The number of hydrogen-bond acceptors (Lipinski definition) is 4. The number of esters is 1. The number of carbonyl (C=O) groups excluding carboxylic acids is 1. The molecule has 100 valence electrons. The van der Waals surface area contributed by atoms with Gasteiger partial charge in [-0.05, 0) is 52.5 Å². The molecule has 4 heteroatoms. The normalized spacial score (nSPS) is 25.6. The van der Waals surface area contributed by atoms with E-state index in [9.17, 15) is 9.90 Å². The van der Waals surface area contributed by atoms with Gasteiger partial charge < -0.3 is 15.2 Å². The topological polar surface area (TPSA) is 58.6 Å². The number of carbonyl (C=O) groups is 1. The third-order valence-corrected chi connectivity index (χ3v) is 2.88. The second-order valence-electron chi connectivity index (χ2n) is 5.90. The predicted octanol–water partition coefficient (Wildman–Crippen LogP) is 1.47. The molecular weight excluding hydrogens is 218 g/mol. The summed E-state index contributed by atoms with van der Waals surface area (Å²) in [6, 6.07) is 0. The number of aliphatic hydroxyl groups is 1. The highest BCUT2D eigenvalue weighted by molar-refractivity contribution is 5.72. The number of hydrogen-bond donors (Lipinski definition) is 2. The summed E-state index contributed by atoms with van der Waals surface area (Å²) in [5.41, 5.74) is -0.417. The Labute approximate surface area is 104 Å². The van der Waals surface area contributed by atoms with E-state index in [0.29, 0.717) is 5.92 Å². The molecule has 4 nitrogen and oxygen atoms in total. The van der Waals surface area contributed by atoms with Gasteiger partial charge in [0.2, 0.25) is 0 Å².